The van der Waals surface area contributed by atoms with Gasteiger partial charge in [0.05, 0.1) is 28.5 Å². The lowest BCUT2D eigenvalue weighted by atomic mass is 10.0. The second kappa shape index (κ2) is 11.2. The number of hydrogen-bond acceptors (Lipinski definition) is 10. The van der Waals surface area contributed by atoms with E-state index in [4.69, 9.17) is 25.7 Å². The summed E-state index contributed by atoms with van der Waals surface area (Å²) in [4.78, 5) is 22.0. The molecule has 0 spiro atoms. The van der Waals surface area contributed by atoms with Crippen LogP contribution in [0.25, 0.3) is 0 Å². The minimum atomic E-state index is -3.99. The maximum absolute atomic E-state index is 13.4. The van der Waals surface area contributed by atoms with Gasteiger partial charge >= 0.3 is 10.3 Å². The number of nitrogens with one attached hydrogen (secondary N) is 1. The van der Waals surface area contributed by atoms with Crippen molar-refractivity contribution in [2.24, 2.45) is 11.1 Å². The zero-order valence-electron chi connectivity index (χ0n) is 19.3. The number of benzene rings is 1. The summed E-state index contributed by atoms with van der Waals surface area (Å²) in [7, 11) is -2.47. The normalized spacial score (nSPS) is 18.7. The van der Waals surface area contributed by atoms with Gasteiger partial charge in [0.1, 0.15) is 24.0 Å². The summed E-state index contributed by atoms with van der Waals surface area (Å²) in [5, 5.41) is 19.1. The average molecular weight is 553 g/mol. The van der Waals surface area contributed by atoms with Gasteiger partial charge in [-0.25, -0.2) is 15.1 Å². The number of ether oxygens (including phenoxy) is 1. The number of carbonyl (C=O) groups excluding carboxylic acids is 1. The molecule has 1 fully saturated rings. The number of rotatable bonds is 10. The number of methoxy groups -OCH3 is 1. The smallest absolute Gasteiger partial charge is 0.333 e. The zero-order valence-corrected chi connectivity index (χ0v) is 21.6. The van der Waals surface area contributed by atoms with E-state index in [1.54, 1.807) is 30.3 Å². The van der Waals surface area contributed by atoms with Gasteiger partial charge in [0.15, 0.2) is 0 Å². The lowest BCUT2D eigenvalue weighted by Gasteiger charge is -2.16. The Balaban J connectivity index is 1.51. The molecular formula is C23H25ClN4O6S2. The zero-order chi connectivity index (χ0) is 25.9. The summed E-state index contributed by atoms with van der Waals surface area (Å²) in [5.41, 5.74) is 1.19. The van der Waals surface area contributed by atoms with Gasteiger partial charge < -0.3 is 15.2 Å². The summed E-state index contributed by atoms with van der Waals surface area (Å²) in [5.74, 6) is 0.546. The first-order valence-corrected chi connectivity index (χ1v) is 13.7. The molecule has 4 N–H and O–H groups in total. The maximum Gasteiger partial charge on any atom is 0.333 e. The van der Waals surface area contributed by atoms with Gasteiger partial charge in [-0.15, -0.1) is 11.3 Å². The Hall–Kier alpha value is -2.61. The number of halogens is 1. The Morgan fingerprint density at radius 2 is 2.11 bits per heavy atom. The van der Waals surface area contributed by atoms with Gasteiger partial charge in [0.25, 0.3) is 0 Å². The molecule has 1 saturated carbocycles. The predicted octanol–water partition coefficient (Wildman–Crippen LogP) is 3.31. The minimum Gasteiger partial charge on any atom is -0.496 e. The van der Waals surface area contributed by atoms with Crippen LogP contribution in [-0.4, -0.2) is 49.0 Å². The molecule has 0 aliphatic heterocycles. The van der Waals surface area contributed by atoms with Crippen LogP contribution in [0.15, 0.2) is 42.9 Å². The molecule has 2 aromatic heterocycles. The summed E-state index contributed by atoms with van der Waals surface area (Å²) >= 11 is 7.49. The highest BCUT2D eigenvalue weighted by molar-refractivity contribution is 7.84. The second-order valence-corrected chi connectivity index (χ2v) is 11.3. The van der Waals surface area contributed by atoms with Crippen LogP contribution in [0.3, 0.4) is 0 Å². The molecule has 0 radical (unpaired) electrons. The van der Waals surface area contributed by atoms with Gasteiger partial charge in [-0.1, -0.05) is 29.8 Å². The van der Waals surface area contributed by atoms with Crippen molar-refractivity contribution < 1.29 is 27.2 Å². The number of nitrogens with two attached hydrogens (primary N) is 1. The van der Waals surface area contributed by atoms with Crippen LogP contribution >= 0.6 is 22.9 Å². The first-order valence-electron chi connectivity index (χ1n) is 11.0. The number of para-hydroxylation sites is 1. The van der Waals surface area contributed by atoms with Crippen LogP contribution < -0.4 is 15.2 Å². The Labute approximate surface area is 217 Å². The number of nitrogens with zero attached hydrogens (tertiary/aromatic N) is 2. The van der Waals surface area contributed by atoms with Gasteiger partial charge in [0, 0.05) is 23.4 Å². The molecule has 192 valence electrons. The van der Waals surface area contributed by atoms with Crippen LogP contribution in [0.5, 0.6) is 5.75 Å². The maximum atomic E-state index is 13.4. The van der Waals surface area contributed by atoms with Gasteiger partial charge in [-0.05, 0) is 37.3 Å². The van der Waals surface area contributed by atoms with Crippen LogP contribution in [0.1, 0.15) is 51.7 Å². The van der Waals surface area contributed by atoms with Crippen molar-refractivity contribution in [3.63, 3.8) is 0 Å². The molecule has 1 aliphatic carbocycles. The molecule has 13 heteroatoms. The number of ketones is 1. The van der Waals surface area contributed by atoms with E-state index in [0.29, 0.717) is 34.0 Å². The Morgan fingerprint density at radius 1 is 1.33 bits per heavy atom. The summed E-state index contributed by atoms with van der Waals surface area (Å²) in [6.07, 6.45) is 3.81. The number of carbonyl (C=O) groups is 1. The van der Waals surface area contributed by atoms with Gasteiger partial charge in [-0.3, -0.25) is 8.98 Å². The highest BCUT2D eigenvalue weighted by Crippen LogP contribution is 2.39. The molecule has 10 nitrogen and oxygen atoms in total. The first kappa shape index (κ1) is 26.5. The number of aliphatic hydroxyl groups is 1. The molecular weight excluding hydrogens is 528 g/mol. The number of hydrogen-bond donors (Lipinski definition) is 3. The summed E-state index contributed by atoms with van der Waals surface area (Å²) in [6, 6.07) is 8.58. The highest BCUT2D eigenvalue weighted by atomic mass is 35.5. The SMILES string of the molecule is COc1ccccc1C(O)c1cc(C(=O)c2cncnc2N[C@H]2CC[C@@H](COS(N)(=O)=O)C2)sc1Cl. The summed E-state index contributed by atoms with van der Waals surface area (Å²) in [6.45, 7) is 0.0115. The molecule has 1 aromatic carbocycles. The predicted molar refractivity (Wildman–Crippen MR) is 136 cm³/mol. The standard InChI is InChI=1S/C23H25ClN4O6S2/c1-33-18-5-3-2-4-15(18)20(29)16-9-19(35-22(16)24)21(30)17-10-26-12-27-23(17)28-14-7-6-13(8-14)11-34-36(25,31)32/h2-5,9-10,12-14,20,29H,6-8,11H2,1H3,(H2,25,31,32)(H,26,27,28)/t13-,14+,20?/m1/s1. The quantitative estimate of drug-likeness (QED) is 0.321. The van der Waals surface area contributed by atoms with Crippen molar-refractivity contribution in [2.45, 2.75) is 31.4 Å². The van der Waals surface area contributed by atoms with E-state index >= 15 is 0 Å². The minimum absolute atomic E-state index is 0.0111. The summed E-state index contributed by atoms with van der Waals surface area (Å²) < 4.78 is 32.4. The molecule has 1 aliphatic rings. The van der Waals surface area contributed by atoms with E-state index in [1.807, 2.05) is 0 Å². The second-order valence-electron chi connectivity index (χ2n) is 8.40. The van der Waals surface area contributed by atoms with Crippen molar-refractivity contribution >= 4 is 44.8 Å². The van der Waals surface area contributed by atoms with Gasteiger partial charge in [0.2, 0.25) is 5.78 Å². The molecule has 2 heterocycles. The third-order valence-corrected chi connectivity index (χ3v) is 7.82. The van der Waals surface area contributed by atoms with E-state index in [2.05, 4.69) is 15.3 Å². The van der Waals surface area contributed by atoms with Gasteiger partial charge in [-0.2, -0.15) is 8.42 Å². The van der Waals surface area contributed by atoms with E-state index in [-0.39, 0.29) is 34.2 Å². The molecule has 0 saturated heterocycles. The van der Waals surface area contributed by atoms with Crippen molar-refractivity contribution in [2.75, 3.05) is 19.0 Å². The van der Waals surface area contributed by atoms with Crippen LogP contribution in [0.2, 0.25) is 4.34 Å². The number of aromatic nitrogens is 2. The fourth-order valence-electron chi connectivity index (χ4n) is 4.23. The molecule has 4 rings (SSSR count). The third kappa shape index (κ3) is 6.20. The third-order valence-electron chi connectivity index (χ3n) is 5.97. The molecule has 1 unspecified atom stereocenters. The van der Waals surface area contributed by atoms with Crippen LogP contribution in [0.4, 0.5) is 5.82 Å². The van der Waals surface area contributed by atoms with Crippen molar-refractivity contribution in [3.8, 4) is 5.75 Å². The lowest BCUT2D eigenvalue weighted by molar-refractivity contribution is 0.104. The first-order chi connectivity index (χ1) is 17.2. The molecule has 3 aromatic rings. The molecule has 0 amide bonds. The largest absolute Gasteiger partial charge is 0.496 e. The van der Waals surface area contributed by atoms with E-state index < -0.39 is 16.4 Å². The molecule has 3 atom stereocenters. The van der Waals surface area contributed by atoms with Crippen molar-refractivity contribution in [1.29, 1.82) is 0 Å². The number of anilines is 1. The Kier molecular flexibility index (Phi) is 8.23. The topological polar surface area (TPSA) is 154 Å². The average Bonchev–Trinajstić information content (AvgIpc) is 3.48. The van der Waals surface area contributed by atoms with E-state index in [9.17, 15) is 18.3 Å². The molecule has 36 heavy (non-hydrogen) atoms. The highest BCUT2D eigenvalue weighted by Gasteiger charge is 2.29. The van der Waals surface area contributed by atoms with Crippen LogP contribution in [0, 0.1) is 5.92 Å². The Bertz CT molecular complexity index is 1350. The number of thiophene rings is 1. The Morgan fingerprint density at radius 3 is 2.86 bits per heavy atom. The fraction of sp³-hybridized carbons (Fsp3) is 0.348. The number of aliphatic hydroxyl groups excluding tert-OH is 1. The monoisotopic (exact) mass is 552 g/mol. The molecule has 0 bridgehead atoms. The van der Waals surface area contributed by atoms with E-state index in [1.165, 1.54) is 19.6 Å². The van der Waals surface area contributed by atoms with Crippen molar-refractivity contribution in [1.82, 2.24) is 9.97 Å². The van der Waals surface area contributed by atoms with Crippen LogP contribution in [-0.2, 0) is 14.5 Å². The van der Waals surface area contributed by atoms with Crippen molar-refractivity contribution in [3.05, 3.63) is 68.8 Å². The fourth-order valence-corrected chi connectivity index (χ4v) is 5.89. The lowest BCUT2D eigenvalue weighted by Crippen LogP contribution is -2.22. The van der Waals surface area contributed by atoms with E-state index in [0.717, 1.165) is 24.2 Å².